The van der Waals surface area contributed by atoms with Gasteiger partial charge in [0.15, 0.2) is 0 Å². The van der Waals surface area contributed by atoms with Crippen molar-refractivity contribution in [2.75, 3.05) is 0 Å². The lowest BCUT2D eigenvalue weighted by molar-refractivity contribution is 0.505. The Kier molecular flexibility index (Phi) is 3.13. The van der Waals surface area contributed by atoms with Crippen LogP contribution in [0.5, 0.6) is 0 Å². The lowest BCUT2D eigenvalue weighted by Crippen LogP contribution is -2.21. The molecule has 0 aromatic carbocycles. The second kappa shape index (κ2) is 3.40. The summed E-state index contributed by atoms with van der Waals surface area (Å²) < 4.78 is 0. The van der Waals surface area contributed by atoms with Crippen molar-refractivity contribution in [3.8, 4) is 0 Å². The van der Waals surface area contributed by atoms with Crippen molar-refractivity contribution in [2.24, 2.45) is 10.7 Å². The number of aliphatic imine (C=N–C) groups is 1. The maximum Gasteiger partial charge on any atom is 0.118 e. The summed E-state index contributed by atoms with van der Waals surface area (Å²) in [6.45, 7) is 9.70. The van der Waals surface area contributed by atoms with Crippen molar-refractivity contribution >= 4 is 5.84 Å². The van der Waals surface area contributed by atoms with Gasteiger partial charge in [0.2, 0.25) is 0 Å². The summed E-state index contributed by atoms with van der Waals surface area (Å²) in [7, 11) is 0. The van der Waals surface area contributed by atoms with Crippen LogP contribution in [0.15, 0.2) is 17.6 Å². The molecule has 58 valence electrons. The zero-order chi connectivity index (χ0) is 8.20. The van der Waals surface area contributed by atoms with Gasteiger partial charge in [0.25, 0.3) is 0 Å². The highest BCUT2D eigenvalue weighted by atomic mass is 14.9. The first kappa shape index (κ1) is 9.21. The van der Waals surface area contributed by atoms with Crippen molar-refractivity contribution < 1.29 is 0 Å². The van der Waals surface area contributed by atoms with Crippen LogP contribution in [0.25, 0.3) is 0 Å². The molecule has 0 aromatic rings. The maximum absolute atomic E-state index is 5.47. The number of hydrogen-bond donors (Lipinski definition) is 1. The molecular weight excluding hydrogens is 124 g/mol. The zero-order valence-electron chi connectivity index (χ0n) is 7.02. The molecule has 0 radical (unpaired) electrons. The van der Waals surface area contributed by atoms with Gasteiger partial charge in [-0.2, -0.15) is 0 Å². The number of hydrogen-bond acceptors (Lipinski definition) is 1. The van der Waals surface area contributed by atoms with E-state index in [-0.39, 0.29) is 5.54 Å². The molecule has 10 heavy (non-hydrogen) atoms. The van der Waals surface area contributed by atoms with Gasteiger partial charge >= 0.3 is 0 Å². The quantitative estimate of drug-likeness (QED) is 0.470. The monoisotopic (exact) mass is 140 g/mol. The Morgan fingerprint density at radius 1 is 1.70 bits per heavy atom. The summed E-state index contributed by atoms with van der Waals surface area (Å²) in [6, 6.07) is 0. The molecule has 0 aliphatic rings. The first-order chi connectivity index (χ1) is 4.52. The van der Waals surface area contributed by atoms with Crippen LogP contribution in [0.2, 0.25) is 0 Å². The molecule has 2 N–H and O–H groups in total. The molecule has 0 heterocycles. The zero-order valence-corrected chi connectivity index (χ0v) is 7.02. The normalized spacial score (nSPS) is 13.3. The molecule has 0 amide bonds. The predicted octanol–water partition coefficient (Wildman–Crippen LogP) is 1.72. The van der Waals surface area contributed by atoms with Gasteiger partial charge in [-0.15, -0.1) is 0 Å². The van der Waals surface area contributed by atoms with E-state index < -0.39 is 0 Å². The van der Waals surface area contributed by atoms with Crippen LogP contribution >= 0.6 is 0 Å². The van der Waals surface area contributed by atoms with Gasteiger partial charge in [-0.05, 0) is 26.3 Å². The third-order valence-corrected chi connectivity index (χ3v) is 1.51. The average Bonchev–Trinajstić information content (AvgIpc) is 1.87. The molecule has 0 saturated heterocycles. The molecule has 0 aromatic heterocycles. The minimum Gasteiger partial charge on any atom is -0.384 e. The van der Waals surface area contributed by atoms with Gasteiger partial charge in [-0.25, -0.2) is 0 Å². The first-order valence-electron chi connectivity index (χ1n) is 3.49. The van der Waals surface area contributed by atoms with Crippen molar-refractivity contribution in [1.29, 1.82) is 0 Å². The highest BCUT2D eigenvalue weighted by Gasteiger charge is 2.11. The third kappa shape index (κ3) is 3.28. The fourth-order valence-electron chi connectivity index (χ4n) is 0.474. The number of nitrogens with two attached hydrogens (primary N) is 1. The Bertz CT molecular complexity index is 145. The Morgan fingerprint density at radius 3 is 2.50 bits per heavy atom. The van der Waals surface area contributed by atoms with E-state index in [9.17, 15) is 0 Å². The second-order valence-corrected chi connectivity index (χ2v) is 2.91. The van der Waals surface area contributed by atoms with E-state index in [2.05, 4.69) is 18.5 Å². The standard InChI is InChI=1S/C8H16N2/c1-5-7(9)10-8(3,4)6-2/h5H,1,6H2,2-4H3,(H2,9,10). The largest absolute Gasteiger partial charge is 0.384 e. The van der Waals surface area contributed by atoms with Gasteiger partial charge in [0.05, 0.1) is 5.54 Å². The Morgan fingerprint density at radius 2 is 2.20 bits per heavy atom. The lowest BCUT2D eigenvalue weighted by Gasteiger charge is -2.16. The summed E-state index contributed by atoms with van der Waals surface area (Å²) in [5.74, 6) is 0.520. The van der Waals surface area contributed by atoms with Crippen molar-refractivity contribution in [3.63, 3.8) is 0 Å². The number of nitrogens with zero attached hydrogens (tertiary/aromatic N) is 1. The van der Waals surface area contributed by atoms with E-state index in [0.29, 0.717) is 5.84 Å². The third-order valence-electron chi connectivity index (χ3n) is 1.51. The molecule has 0 rings (SSSR count). The molecule has 0 spiro atoms. The van der Waals surface area contributed by atoms with Crippen LogP contribution in [0.4, 0.5) is 0 Å². The summed E-state index contributed by atoms with van der Waals surface area (Å²) >= 11 is 0. The molecular formula is C8H16N2. The Labute approximate surface area is 62.8 Å². The van der Waals surface area contributed by atoms with E-state index in [1.54, 1.807) is 6.08 Å². The molecule has 0 aliphatic carbocycles. The van der Waals surface area contributed by atoms with Crippen LogP contribution < -0.4 is 5.73 Å². The minimum absolute atomic E-state index is 0.0434. The molecule has 0 aliphatic heterocycles. The topological polar surface area (TPSA) is 38.4 Å². The molecule has 0 bridgehead atoms. The summed E-state index contributed by atoms with van der Waals surface area (Å²) in [4.78, 5) is 4.22. The van der Waals surface area contributed by atoms with Gasteiger partial charge in [0, 0.05) is 0 Å². The first-order valence-corrected chi connectivity index (χ1v) is 3.49. The molecule has 0 saturated carbocycles. The molecule has 0 atom stereocenters. The fraction of sp³-hybridized carbons (Fsp3) is 0.625. The summed E-state index contributed by atoms with van der Waals surface area (Å²) in [5, 5.41) is 0. The average molecular weight is 140 g/mol. The van der Waals surface area contributed by atoms with Crippen LogP contribution in [0.3, 0.4) is 0 Å². The van der Waals surface area contributed by atoms with Crippen molar-refractivity contribution in [3.05, 3.63) is 12.7 Å². The highest BCUT2D eigenvalue weighted by molar-refractivity contribution is 5.91. The van der Waals surface area contributed by atoms with E-state index in [0.717, 1.165) is 6.42 Å². The number of amidine groups is 1. The maximum atomic E-state index is 5.47. The van der Waals surface area contributed by atoms with E-state index in [4.69, 9.17) is 5.73 Å². The predicted molar refractivity (Wildman–Crippen MR) is 46.2 cm³/mol. The van der Waals surface area contributed by atoms with Gasteiger partial charge in [-0.3, -0.25) is 4.99 Å². The fourth-order valence-corrected chi connectivity index (χ4v) is 0.474. The van der Waals surface area contributed by atoms with E-state index >= 15 is 0 Å². The minimum atomic E-state index is -0.0434. The van der Waals surface area contributed by atoms with Crippen LogP contribution in [0, 0.1) is 0 Å². The Hall–Kier alpha value is -0.790. The SMILES string of the molecule is C=CC(N)=NC(C)(C)CC. The lowest BCUT2D eigenvalue weighted by atomic mass is 10.0. The molecule has 0 unspecified atom stereocenters. The molecule has 2 heteroatoms. The van der Waals surface area contributed by atoms with Crippen molar-refractivity contribution in [2.45, 2.75) is 32.7 Å². The van der Waals surface area contributed by atoms with Crippen LogP contribution in [-0.2, 0) is 0 Å². The van der Waals surface area contributed by atoms with E-state index in [1.165, 1.54) is 0 Å². The summed E-state index contributed by atoms with van der Waals surface area (Å²) in [6.07, 6.45) is 2.55. The second-order valence-electron chi connectivity index (χ2n) is 2.91. The summed E-state index contributed by atoms with van der Waals surface area (Å²) in [5.41, 5.74) is 5.42. The molecule has 2 nitrogen and oxygen atoms in total. The van der Waals surface area contributed by atoms with Gasteiger partial charge in [0.1, 0.15) is 5.84 Å². The highest BCUT2D eigenvalue weighted by Crippen LogP contribution is 2.12. The van der Waals surface area contributed by atoms with Crippen LogP contribution in [-0.4, -0.2) is 11.4 Å². The molecule has 0 fully saturated rings. The smallest absolute Gasteiger partial charge is 0.118 e. The Balaban J connectivity index is 4.22. The van der Waals surface area contributed by atoms with Crippen molar-refractivity contribution in [1.82, 2.24) is 0 Å². The van der Waals surface area contributed by atoms with Gasteiger partial charge in [-0.1, -0.05) is 13.5 Å². The van der Waals surface area contributed by atoms with Gasteiger partial charge < -0.3 is 5.73 Å². The number of rotatable bonds is 3. The van der Waals surface area contributed by atoms with E-state index in [1.807, 2.05) is 13.8 Å². The van der Waals surface area contributed by atoms with Crippen LogP contribution in [0.1, 0.15) is 27.2 Å².